The van der Waals surface area contributed by atoms with Crippen LogP contribution in [0.1, 0.15) is 6.92 Å². The Labute approximate surface area is 68.6 Å². The Hall–Kier alpha value is -1.52. The van der Waals surface area contributed by atoms with Crippen LogP contribution in [0.3, 0.4) is 0 Å². The second-order valence-corrected chi connectivity index (χ2v) is 2.97. The fourth-order valence-corrected chi connectivity index (χ4v) is 1.19. The van der Waals surface area contributed by atoms with Crippen LogP contribution in [0.15, 0.2) is 12.3 Å². The minimum atomic E-state index is -1.15. The fraction of sp³-hybridized carbons (Fsp3) is 0.429. The Balaban J connectivity index is 2.32. The summed E-state index contributed by atoms with van der Waals surface area (Å²) in [5, 5.41) is 12.7. The molecule has 64 valence electrons. The molecule has 1 N–H and O–H groups in total. The van der Waals surface area contributed by atoms with Crippen LogP contribution in [0.2, 0.25) is 0 Å². The Morgan fingerprint density at radius 3 is 3.25 bits per heavy atom. The molecule has 1 atom stereocenters. The molecule has 5 nitrogen and oxygen atoms in total. The lowest BCUT2D eigenvalue weighted by atomic mass is 10.1. The number of aromatic nitrogens is 2. The van der Waals surface area contributed by atoms with E-state index in [1.54, 1.807) is 12.3 Å². The Morgan fingerprint density at radius 1 is 1.92 bits per heavy atom. The summed E-state index contributed by atoms with van der Waals surface area (Å²) in [7, 11) is 0. The first-order valence-electron chi connectivity index (χ1n) is 3.56. The van der Waals surface area contributed by atoms with Gasteiger partial charge >= 0.3 is 5.97 Å². The highest BCUT2D eigenvalue weighted by Gasteiger charge is 2.42. The van der Waals surface area contributed by atoms with E-state index in [2.05, 4.69) is 5.10 Å². The van der Waals surface area contributed by atoms with E-state index in [0.29, 0.717) is 5.88 Å². The number of carbonyl (C=O) groups is 1. The number of carboxylic acid groups (broad SMARTS) is 1. The third-order valence-electron chi connectivity index (χ3n) is 1.91. The molecule has 1 aromatic heterocycles. The van der Waals surface area contributed by atoms with Crippen LogP contribution in [0, 0.1) is 0 Å². The van der Waals surface area contributed by atoms with Gasteiger partial charge in [0.05, 0.1) is 12.7 Å². The van der Waals surface area contributed by atoms with Gasteiger partial charge in [0.1, 0.15) is 0 Å². The van der Waals surface area contributed by atoms with Gasteiger partial charge in [-0.05, 0) is 6.92 Å². The van der Waals surface area contributed by atoms with Crippen molar-refractivity contribution in [1.82, 2.24) is 9.78 Å². The smallest absolute Gasteiger partial charge is 0.349 e. The molecule has 2 rings (SSSR count). The quantitative estimate of drug-likeness (QED) is 0.646. The van der Waals surface area contributed by atoms with Gasteiger partial charge in [-0.1, -0.05) is 0 Å². The molecule has 5 heteroatoms. The standard InChI is InChI=1S/C7H8N2O3/c1-7(6(10)11)4-9-5(12-7)2-3-8-9/h2-3H,4H2,1H3,(H,10,11). The molecule has 0 amide bonds. The van der Waals surface area contributed by atoms with Crippen LogP contribution in [-0.4, -0.2) is 26.5 Å². The highest BCUT2D eigenvalue weighted by molar-refractivity contribution is 5.77. The summed E-state index contributed by atoms with van der Waals surface area (Å²) in [6.07, 6.45) is 1.58. The fourth-order valence-electron chi connectivity index (χ4n) is 1.19. The normalized spacial score (nSPS) is 26.4. The van der Waals surface area contributed by atoms with Gasteiger partial charge in [-0.3, -0.25) is 0 Å². The number of carboxylic acids is 1. The Morgan fingerprint density at radius 2 is 2.67 bits per heavy atom. The molecule has 1 aliphatic rings. The van der Waals surface area contributed by atoms with E-state index in [9.17, 15) is 4.79 Å². The summed E-state index contributed by atoms with van der Waals surface area (Å²) in [6.45, 7) is 1.80. The van der Waals surface area contributed by atoms with Crippen LogP contribution in [0.4, 0.5) is 0 Å². The van der Waals surface area contributed by atoms with Crippen LogP contribution >= 0.6 is 0 Å². The topological polar surface area (TPSA) is 64.3 Å². The number of fused-ring (bicyclic) bond motifs is 1. The van der Waals surface area contributed by atoms with Gasteiger partial charge < -0.3 is 9.84 Å². The van der Waals surface area contributed by atoms with E-state index < -0.39 is 11.6 Å². The van der Waals surface area contributed by atoms with Crippen LogP contribution in [-0.2, 0) is 11.3 Å². The minimum absolute atomic E-state index is 0.269. The van der Waals surface area contributed by atoms with E-state index in [0.717, 1.165) is 0 Å². The number of nitrogens with zero attached hydrogens (tertiary/aromatic N) is 2. The molecule has 0 saturated carbocycles. The van der Waals surface area contributed by atoms with Crippen molar-refractivity contribution in [3.05, 3.63) is 12.3 Å². The zero-order chi connectivity index (χ0) is 8.77. The Kier molecular flexibility index (Phi) is 1.19. The third-order valence-corrected chi connectivity index (χ3v) is 1.91. The van der Waals surface area contributed by atoms with Gasteiger partial charge in [0.15, 0.2) is 0 Å². The lowest BCUT2D eigenvalue weighted by Crippen LogP contribution is -2.40. The SMILES string of the molecule is CC1(C(=O)O)Cn2nccc2O1. The zero-order valence-corrected chi connectivity index (χ0v) is 6.52. The van der Waals surface area contributed by atoms with E-state index in [1.165, 1.54) is 11.6 Å². The third kappa shape index (κ3) is 0.792. The number of aliphatic carboxylic acids is 1. The van der Waals surface area contributed by atoms with Crippen molar-refractivity contribution in [1.29, 1.82) is 0 Å². The van der Waals surface area contributed by atoms with Crippen molar-refractivity contribution in [2.45, 2.75) is 19.1 Å². The first-order valence-corrected chi connectivity index (χ1v) is 3.56. The van der Waals surface area contributed by atoms with Crippen molar-refractivity contribution in [2.24, 2.45) is 0 Å². The van der Waals surface area contributed by atoms with Gasteiger partial charge in [-0.2, -0.15) is 5.10 Å². The molecule has 0 bridgehead atoms. The molecule has 0 aliphatic carbocycles. The number of hydrogen-bond acceptors (Lipinski definition) is 3. The van der Waals surface area contributed by atoms with Gasteiger partial charge in [0, 0.05) is 6.07 Å². The number of ether oxygens (including phenoxy) is 1. The minimum Gasteiger partial charge on any atom is -0.478 e. The molecule has 0 saturated heterocycles. The van der Waals surface area contributed by atoms with Crippen LogP contribution in [0.25, 0.3) is 0 Å². The van der Waals surface area contributed by atoms with Crippen molar-refractivity contribution in [3.8, 4) is 5.88 Å². The summed E-state index contributed by atoms with van der Waals surface area (Å²) in [4.78, 5) is 10.7. The maximum Gasteiger partial charge on any atom is 0.349 e. The summed E-state index contributed by atoms with van der Waals surface area (Å²) in [5.41, 5.74) is -1.15. The molecule has 1 aliphatic heterocycles. The van der Waals surface area contributed by atoms with E-state index in [1.807, 2.05) is 0 Å². The molecule has 2 heterocycles. The number of hydrogen-bond donors (Lipinski definition) is 1. The van der Waals surface area contributed by atoms with Crippen LogP contribution in [0.5, 0.6) is 5.88 Å². The summed E-state index contributed by atoms with van der Waals surface area (Å²) < 4.78 is 6.73. The molecule has 0 radical (unpaired) electrons. The second-order valence-electron chi connectivity index (χ2n) is 2.97. The maximum absolute atomic E-state index is 10.7. The highest BCUT2D eigenvalue weighted by atomic mass is 16.5. The lowest BCUT2D eigenvalue weighted by molar-refractivity contribution is -0.152. The lowest BCUT2D eigenvalue weighted by Gasteiger charge is -2.15. The van der Waals surface area contributed by atoms with Crippen molar-refractivity contribution < 1.29 is 14.6 Å². The molecule has 1 aromatic rings. The molecule has 12 heavy (non-hydrogen) atoms. The zero-order valence-electron chi connectivity index (χ0n) is 6.52. The molecule has 0 spiro atoms. The average Bonchev–Trinajstić information content (AvgIpc) is 2.44. The van der Waals surface area contributed by atoms with Crippen LogP contribution < -0.4 is 4.74 Å². The molecule has 0 aromatic carbocycles. The van der Waals surface area contributed by atoms with Crippen molar-refractivity contribution in [2.75, 3.05) is 0 Å². The maximum atomic E-state index is 10.7. The summed E-state index contributed by atoms with van der Waals surface area (Å²) >= 11 is 0. The van der Waals surface area contributed by atoms with Gasteiger partial charge in [0.25, 0.3) is 0 Å². The molecule has 1 unspecified atom stereocenters. The molecular weight excluding hydrogens is 160 g/mol. The second kappa shape index (κ2) is 2.00. The predicted molar refractivity (Wildman–Crippen MR) is 38.9 cm³/mol. The summed E-state index contributed by atoms with van der Waals surface area (Å²) in [5.74, 6) is -0.451. The first kappa shape index (κ1) is 7.15. The first-order chi connectivity index (χ1) is 5.62. The summed E-state index contributed by atoms with van der Waals surface area (Å²) in [6, 6.07) is 1.65. The average molecular weight is 168 g/mol. The molecular formula is C7H8N2O3. The molecule has 0 fully saturated rings. The highest BCUT2D eigenvalue weighted by Crippen LogP contribution is 2.27. The number of rotatable bonds is 1. The largest absolute Gasteiger partial charge is 0.478 e. The predicted octanol–water partition coefficient (Wildman–Crippen LogP) is 0.119. The van der Waals surface area contributed by atoms with Crippen molar-refractivity contribution in [3.63, 3.8) is 0 Å². The van der Waals surface area contributed by atoms with Crippen molar-refractivity contribution >= 4 is 5.97 Å². The van der Waals surface area contributed by atoms with E-state index in [4.69, 9.17) is 9.84 Å². The Bertz CT molecular complexity index is 311. The van der Waals surface area contributed by atoms with Gasteiger partial charge in [0.2, 0.25) is 11.5 Å². The van der Waals surface area contributed by atoms with E-state index in [-0.39, 0.29) is 6.54 Å². The van der Waals surface area contributed by atoms with Gasteiger partial charge in [-0.15, -0.1) is 0 Å². The monoisotopic (exact) mass is 168 g/mol. The van der Waals surface area contributed by atoms with Gasteiger partial charge in [-0.25, -0.2) is 9.48 Å². The van der Waals surface area contributed by atoms with E-state index >= 15 is 0 Å².